The molecule has 2 aliphatic rings. The summed E-state index contributed by atoms with van der Waals surface area (Å²) in [5, 5.41) is 8.22. The molecular formula is C23H21F3N6O3. The highest BCUT2D eigenvalue weighted by Gasteiger charge is 2.46. The molecule has 5 rings (SSSR count). The number of hydrazine groups is 1. The molecular weight excluding hydrogens is 465 g/mol. The number of aromatic nitrogens is 2. The number of hydrogen-bond donors (Lipinski definition) is 3. The topological polar surface area (TPSA) is 108 Å². The summed E-state index contributed by atoms with van der Waals surface area (Å²) in [7, 11) is 0. The van der Waals surface area contributed by atoms with Crippen molar-refractivity contribution in [2.24, 2.45) is 0 Å². The molecule has 12 heteroatoms. The van der Waals surface area contributed by atoms with E-state index in [0.717, 1.165) is 26.6 Å². The van der Waals surface area contributed by atoms with Crippen molar-refractivity contribution in [3.63, 3.8) is 0 Å². The van der Waals surface area contributed by atoms with Gasteiger partial charge in [0.25, 0.3) is 11.8 Å². The summed E-state index contributed by atoms with van der Waals surface area (Å²) in [4.78, 5) is 39.5. The lowest BCUT2D eigenvalue weighted by Gasteiger charge is -2.32. The number of fused-ring (bicyclic) bond motifs is 2. The Balaban J connectivity index is 1.32. The zero-order chi connectivity index (χ0) is 24.9. The molecule has 3 atom stereocenters. The number of amides is 3. The maximum absolute atomic E-state index is 13.4. The van der Waals surface area contributed by atoms with Crippen molar-refractivity contribution in [2.75, 3.05) is 10.2 Å². The summed E-state index contributed by atoms with van der Waals surface area (Å²) >= 11 is 0. The normalized spacial score (nSPS) is 22.3. The van der Waals surface area contributed by atoms with E-state index < -0.39 is 42.0 Å². The second-order valence-electron chi connectivity index (χ2n) is 8.61. The number of benzene rings is 2. The lowest BCUT2D eigenvalue weighted by molar-refractivity contribution is -0.173. The number of nitrogens with one attached hydrogen (secondary N) is 3. The molecule has 0 bridgehead atoms. The first-order valence-corrected chi connectivity index (χ1v) is 11.0. The number of rotatable bonds is 4. The van der Waals surface area contributed by atoms with Crippen molar-refractivity contribution >= 4 is 40.0 Å². The van der Waals surface area contributed by atoms with Gasteiger partial charge in [0.2, 0.25) is 5.91 Å². The predicted octanol–water partition coefficient (Wildman–Crippen LogP) is 2.91. The molecule has 1 fully saturated rings. The van der Waals surface area contributed by atoms with Crippen molar-refractivity contribution in [1.82, 2.24) is 20.6 Å². The quantitative estimate of drug-likeness (QED) is 0.387. The van der Waals surface area contributed by atoms with E-state index >= 15 is 0 Å². The molecule has 0 aliphatic carbocycles. The second-order valence-corrected chi connectivity index (χ2v) is 8.61. The fourth-order valence-electron chi connectivity index (χ4n) is 4.53. The van der Waals surface area contributed by atoms with Crippen LogP contribution in [-0.2, 0) is 9.59 Å². The largest absolute Gasteiger partial charge is 0.410 e. The number of carbonyl (C=O) groups excluding carboxylic acids is 3. The van der Waals surface area contributed by atoms with Gasteiger partial charge >= 0.3 is 6.18 Å². The average molecular weight is 486 g/mol. The lowest BCUT2D eigenvalue weighted by Crippen LogP contribution is -2.48. The molecule has 182 valence electrons. The van der Waals surface area contributed by atoms with E-state index in [2.05, 4.69) is 21.3 Å². The summed E-state index contributed by atoms with van der Waals surface area (Å²) in [6, 6.07) is 9.17. The molecule has 0 saturated carbocycles. The minimum atomic E-state index is -4.52. The van der Waals surface area contributed by atoms with Gasteiger partial charge in [-0.2, -0.15) is 18.3 Å². The van der Waals surface area contributed by atoms with Crippen LogP contribution in [0.3, 0.4) is 0 Å². The van der Waals surface area contributed by atoms with E-state index in [1.54, 1.807) is 31.2 Å². The van der Waals surface area contributed by atoms with Crippen molar-refractivity contribution in [3.05, 3.63) is 54.2 Å². The van der Waals surface area contributed by atoms with Crippen molar-refractivity contribution < 1.29 is 27.6 Å². The Bertz CT molecular complexity index is 1330. The van der Waals surface area contributed by atoms with Crippen molar-refractivity contribution in [2.45, 2.75) is 44.1 Å². The molecule has 3 heterocycles. The van der Waals surface area contributed by atoms with Crippen LogP contribution >= 0.6 is 0 Å². The zero-order valence-corrected chi connectivity index (χ0v) is 18.5. The Kier molecular flexibility index (Phi) is 5.47. The number of anilines is 2. The van der Waals surface area contributed by atoms with Crippen LogP contribution in [-0.4, -0.2) is 45.8 Å². The summed E-state index contributed by atoms with van der Waals surface area (Å²) < 4.78 is 41.1. The fraction of sp³-hybridized carbons (Fsp3) is 0.304. The predicted molar refractivity (Wildman–Crippen MR) is 120 cm³/mol. The Morgan fingerprint density at radius 1 is 1.14 bits per heavy atom. The molecule has 35 heavy (non-hydrogen) atoms. The molecule has 0 radical (unpaired) electrons. The van der Waals surface area contributed by atoms with Gasteiger partial charge in [0, 0.05) is 11.4 Å². The van der Waals surface area contributed by atoms with Gasteiger partial charge in [0.05, 0.1) is 18.3 Å². The minimum absolute atomic E-state index is 0.0587. The van der Waals surface area contributed by atoms with Gasteiger partial charge in [-0.1, -0.05) is 36.4 Å². The lowest BCUT2D eigenvalue weighted by atomic mass is 10.1. The summed E-state index contributed by atoms with van der Waals surface area (Å²) in [5.41, 5.74) is 5.23. The van der Waals surface area contributed by atoms with Crippen LogP contribution in [0.2, 0.25) is 0 Å². The van der Waals surface area contributed by atoms with E-state index in [9.17, 15) is 27.6 Å². The average Bonchev–Trinajstić information content (AvgIpc) is 3.36. The van der Waals surface area contributed by atoms with E-state index in [4.69, 9.17) is 0 Å². The standard InChI is InChI=1S/C23H21F3N6O3/c1-12-9-18(23(24,25)26)32-20(28-12)15(11-27-32)21(34)30-29-16-10-19(33)31(22(16)35)17-8-4-6-13-5-2-3-7-14(13)17/h2-8,11-12,16,18,28-29H,9-10H2,1H3,(H,30,34)/t12-,16+,18+/m1/s1. The molecule has 1 saturated heterocycles. The van der Waals surface area contributed by atoms with Gasteiger partial charge in [0.1, 0.15) is 17.4 Å². The Morgan fingerprint density at radius 3 is 2.66 bits per heavy atom. The van der Waals surface area contributed by atoms with Crippen molar-refractivity contribution in [1.29, 1.82) is 0 Å². The van der Waals surface area contributed by atoms with Gasteiger partial charge in [-0.3, -0.25) is 19.8 Å². The molecule has 1 aromatic heterocycles. The van der Waals surface area contributed by atoms with Crippen LogP contribution in [0.4, 0.5) is 24.7 Å². The minimum Gasteiger partial charge on any atom is -0.367 e. The molecule has 2 aromatic carbocycles. The maximum atomic E-state index is 13.4. The number of carbonyl (C=O) groups is 3. The zero-order valence-electron chi connectivity index (χ0n) is 18.5. The molecule has 3 aromatic rings. The van der Waals surface area contributed by atoms with Gasteiger partial charge in [-0.25, -0.2) is 15.0 Å². The highest BCUT2D eigenvalue weighted by Crippen LogP contribution is 2.40. The molecule has 3 N–H and O–H groups in total. The van der Waals surface area contributed by atoms with E-state index in [-0.39, 0.29) is 24.2 Å². The summed E-state index contributed by atoms with van der Waals surface area (Å²) in [5.74, 6) is -1.83. The Labute approximate surface area is 197 Å². The Morgan fingerprint density at radius 2 is 1.89 bits per heavy atom. The Hall–Kier alpha value is -3.93. The highest BCUT2D eigenvalue weighted by atomic mass is 19.4. The van der Waals surface area contributed by atoms with Crippen LogP contribution in [0, 0.1) is 0 Å². The highest BCUT2D eigenvalue weighted by molar-refractivity contribution is 6.25. The first-order valence-electron chi connectivity index (χ1n) is 11.0. The van der Waals surface area contributed by atoms with E-state index in [1.165, 1.54) is 0 Å². The molecule has 2 aliphatic heterocycles. The van der Waals surface area contributed by atoms with E-state index in [1.807, 2.05) is 18.2 Å². The van der Waals surface area contributed by atoms with Crippen LogP contribution in [0.25, 0.3) is 10.8 Å². The van der Waals surface area contributed by atoms with Gasteiger partial charge in [-0.05, 0) is 24.8 Å². The fourth-order valence-corrected chi connectivity index (χ4v) is 4.53. The van der Waals surface area contributed by atoms with Gasteiger partial charge in [0.15, 0.2) is 6.04 Å². The van der Waals surface area contributed by atoms with Gasteiger partial charge < -0.3 is 5.32 Å². The molecule has 3 amide bonds. The third-order valence-corrected chi connectivity index (χ3v) is 6.19. The first-order chi connectivity index (χ1) is 16.6. The third kappa shape index (κ3) is 3.99. The number of alkyl halides is 3. The molecule has 0 unspecified atom stereocenters. The summed E-state index contributed by atoms with van der Waals surface area (Å²) in [6.07, 6.45) is -3.90. The second kappa shape index (κ2) is 8.38. The number of imide groups is 1. The first kappa shape index (κ1) is 22.8. The SMILES string of the molecule is C[C@@H]1C[C@@H](C(F)(F)F)n2ncc(C(=O)NN[C@H]3CC(=O)N(c4cccc5ccccc45)C3=O)c2N1. The van der Waals surface area contributed by atoms with E-state index in [0.29, 0.717) is 5.69 Å². The third-order valence-electron chi connectivity index (χ3n) is 6.19. The van der Waals surface area contributed by atoms with Crippen LogP contribution in [0.5, 0.6) is 0 Å². The number of halogens is 3. The maximum Gasteiger partial charge on any atom is 0.410 e. The van der Waals surface area contributed by atoms with Crippen LogP contribution < -0.4 is 21.1 Å². The number of hydrogen-bond acceptors (Lipinski definition) is 6. The van der Waals surface area contributed by atoms with Crippen LogP contribution in [0.1, 0.15) is 36.2 Å². The van der Waals surface area contributed by atoms with Crippen LogP contribution in [0.15, 0.2) is 48.7 Å². The number of nitrogens with zero attached hydrogens (tertiary/aromatic N) is 3. The van der Waals surface area contributed by atoms with Gasteiger partial charge in [-0.15, -0.1) is 0 Å². The summed E-state index contributed by atoms with van der Waals surface area (Å²) in [6.45, 7) is 1.58. The van der Waals surface area contributed by atoms with Crippen molar-refractivity contribution in [3.8, 4) is 0 Å². The molecule has 9 nitrogen and oxygen atoms in total. The smallest absolute Gasteiger partial charge is 0.367 e. The monoisotopic (exact) mass is 486 g/mol. The molecule has 0 spiro atoms.